The lowest BCUT2D eigenvalue weighted by Crippen LogP contribution is -2.20. The molecule has 1 atom stereocenters. The Hall–Kier alpha value is 0.200. The molecule has 0 aliphatic heterocycles. The van der Waals surface area contributed by atoms with Crippen molar-refractivity contribution < 1.29 is 4.74 Å². The summed E-state index contributed by atoms with van der Waals surface area (Å²) >= 11 is 13.2. The van der Waals surface area contributed by atoms with Gasteiger partial charge in [-0.25, -0.2) is 0 Å². The molecule has 1 N–H and O–H groups in total. The maximum atomic E-state index is 5.99. The van der Waals surface area contributed by atoms with E-state index in [0.717, 1.165) is 9.90 Å². The lowest BCUT2D eigenvalue weighted by Gasteiger charge is -2.13. The molecule has 2 nitrogen and oxygen atoms in total. The van der Waals surface area contributed by atoms with Crippen molar-refractivity contribution in [3.8, 4) is 0 Å². The van der Waals surface area contributed by atoms with Crippen molar-refractivity contribution in [2.75, 3.05) is 20.8 Å². The first kappa shape index (κ1) is 11.3. The van der Waals surface area contributed by atoms with E-state index in [-0.39, 0.29) is 6.04 Å². The van der Waals surface area contributed by atoms with Crippen LogP contribution in [0.3, 0.4) is 0 Å². The predicted molar refractivity (Wildman–Crippen MR) is 58.0 cm³/mol. The van der Waals surface area contributed by atoms with Crippen molar-refractivity contribution >= 4 is 34.5 Å². The molecule has 0 amide bonds. The number of methoxy groups -OCH3 is 1. The van der Waals surface area contributed by atoms with Crippen molar-refractivity contribution in [3.63, 3.8) is 0 Å². The van der Waals surface area contributed by atoms with E-state index in [9.17, 15) is 0 Å². The van der Waals surface area contributed by atoms with Crippen LogP contribution in [-0.2, 0) is 4.74 Å². The van der Waals surface area contributed by atoms with Gasteiger partial charge in [0.1, 0.15) is 0 Å². The zero-order valence-electron chi connectivity index (χ0n) is 7.43. The smallest absolute Gasteiger partial charge is 0.0992 e. The van der Waals surface area contributed by atoms with Crippen LogP contribution in [0.5, 0.6) is 0 Å². The third-order valence-electron chi connectivity index (χ3n) is 1.74. The maximum Gasteiger partial charge on any atom is 0.0992 e. The van der Waals surface area contributed by atoms with E-state index >= 15 is 0 Å². The molecule has 0 aliphatic rings. The molecule has 1 heterocycles. The molecule has 1 rings (SSSR count). The van der Waals surface area contributed by atoms with Crippen molar-refractivity contribution in [1.82, 2.24) is 5.32 Å². The van der Waals surface area contributed by atoms with Crippen LogP contribution in [0.15, 0.2) is 6.07 Å². The van der Waals surface area contributed by atoms with Gasteiger partial charge in [-0.15, -0.1) is 11.3 Å². The van der Waals surface area contributed by atoms with E-state index < -0.39 is 0 Å². The molecule has 0 saturated heterocycles. The molecule has 0 fully saturated rings. The fourth-order valence-corrected chi connectivity index (χ4v) is 2.67. The molecule has 1 unspecified atom stereocenters. The summed E-state index contributed by atoms with van der Waals surface area (Å²) in [7, 11) is 3.53. The highest BCUT2D eigenvalue weighted by atomic mass is 35.5. The first-order chi connectivity index (χ1) is 6.19. The standard InChI is InChI=1S/C8H11Cl2NOS/c1-11-6(4-12-2)5-3-7(9)13-8(5)10/h3,6,11H,4H2,1-2H3. The average molecular weight is 240 g/mol. The van der Waals surface area contributed by atoms with Crippen LogP contribution < -0.4 is 5.32 Å². The zero-order chi connectivity index (χ0) is 9.84. The number of hydrogen-bond donors (Lipinski definition) is 1. The third-order valence-corrected chi connectivity index (χ3v) is 3.26. The van der Waals surface area contributed by atoms with Gasteiger partial charge in [0.25, 0.3) is 0 Å². The van der Waals surface area contributed by atoms with Gasteiger partial charge in [-0.05, 0) is 13.1 Å². The van der Waals surface area contributed by atoms with Gasteiger partial charge in [0.15, 0.2) is 0 Å². The van der Waals surface area contributed by atoms with Gasteiger partial charge in [-0.1, -0.05) is 23.2 Å². The quantitative estimate of drug-likeness (QED) is 0.873. The minimum absolute atomic E-state index is 0.112. The number of halogens is 2. The second kappa shape index (κ2) is 5.17. The molecule has 0 bridgehead atoms. The second-order valence-corrected chi connectivity index (χ2v) is 4.86. The Morgan fingerprint density at radius 2 is 2.31 bits per heavy atom. The summed E-state index contributed by atoms with van der Waals surface area (Å²) in [4.78, 5) is 0. The summed E-state index contributed by atoms with van der Waals surface area (Å²) in [5.74, 6) is 0. The van der Waals surface area contributed by atoms with E-state index in [4.69, 9.17) is 27.9 Å². The summed E-state index contributed by atoms with van der Waals surface area (Å²) in [5, 5.41) is 3.11. The van der Waals surface area contributed by atoms with Crippen molar-refractivity contribution in [2.45, 2.75) is 6.04 Å². The number of ether oxygens (including phenoxy) is 1. The molecule has 0 saturated carbocycles. The van der Waals surface area contributed by atoms with E-state index in [1.807, 2.05) is 13.1 Å². The minimum Gasteiger partial charge on any atom is -0.383 e. The number of thiophene rings is 1. The fourth-order valence-electron chi connectivity index (χ4n) is 1.09. The molecule has 0 radical (unpaired) electrons. The topological polar surface area (TPSA) is 21.3 Å². The third kappa shape index (κ3) is 2.82. The lowest BCUT2D eigenvalue weighted by atomic mass is 10.2. The van der Waals surface area contributed by atoms with Crippen LogP contribution in [0.25, 0.3) is 0 Å². The Morgan fingerprint density at radius 1 is 1.62 bits per heavy atom. The van der Waals surface area contributed by atoms with Gasteiger partial charge in [-0.3, -0.25) is 0 Å². The molecule has 0 aliphatic carbocycles. The van der Waals surface area contributed by atoms with E-state index in [1.54, 1.807) is 7.11 Å². The Labute approximate surface area is 91.8 Å². The highest BCUT2D eigenvalue weighted by Gasteiger charge is 2.15. The van der Waals surface area contributed by atoms with Crippen molar-refractivity contribution in [3.05, 3.63) is 20.3 Å². The molecule has 1 aromatic rings. The molecular weight excluding hydrogens is 229 g/mol. The Morgan fingerprint density at radius 3 is 2.69 bits per heavy atom. The summed E-state index contributed by atoms with van der Waals surface area (Å²) in [5.41, 5.74) is 1.00. The van der Waals surface area contributed by atoms with Gasteiger partial charge in [-0.2, -0.15) is 0 Å². The van der Waals surface area contributed by atoms with E-state index in [0.29, 0.717) is 10.9 Å². The van der Waals surface area contributed by atoms with Gasteiger partial charge >= 0.3 is 0 Å². The summed E-state index contributed by atoms with van der Waals surface area (Å²) in [6, 6.07) is 1.98. The van der Waals surface area contributed by atoms with Crippen LogP contribution in [0.4, 0.5) is 0 Å². The van der Waals surface area contributed by atoms with Crippen LogP contribution in [-0.4, -0.2) is 20.8 Å². The highest BCUT2D eigenvalue weighted by Crippen LogP contribution is 2.34. The average Bonchev–Trinajstić information content (AvgIpc) is 2.41. The van der Waals surface area contributed by atoms with Gasteiger partial charge in [0.05, 0.1) is 21.3 Å². The molecule has 5 heteroatoms. The normalized spacial score (nSPS) is 13.2. The molecule has 13 heavy (non-hydrogen) atoms. The highest BCUT2D eigenvalue weighted by molar-refractivity contribution is 7.20. The summed E-state index contributed by atoms with van der Waals surface area (Å²) in [6.07, 6.45) is 0. The molecular formula is C8H11Cl2NOS. The largest absolute Gasteiger partial charge is 0.383 e. The minimum atomic E-state index is 0.112. The SMILES string of the molecule is CNC(COC)c1cc(Cl)sc1Cl. The first-order valence-corrected chi connectivity index (χ1v) is 5.37. The van der Waals surface area contributed by atoms with Crippen LogP contribution in [0, 0.1) is 0 Å². The number of rotatable bonds is 4. The number of nitrogens with one attached hydrogen (secondary N) is 1. The molecule has 0 aromatic carbocycles. The van der Waals surface area contributed by atoms with Gasteiger partial charge in [0.2, 0.25) is 0 Å². The molecule has 1 aromatic heterocycles. The van der Waals surface area contributed by atoms with E-state index in [1.165, 1.54) is 11.3 Å². The lowest BCUT2D eigenvalue weighted by molar-refractivity contribution is 0.170. The van der Waals surface area contributed by atoms with Crippen molar-refractivity contribution in [1.29, 1.82) is 0 Å². The number of hydrogen-bond acceptors (Lipinski definition) is 3. The summed E-state index contributed by atoms with van der Waals surface area (Å²) in [6.45, 7) is 0.587. The van der Waals surface area contributed by atoms with Crippen LogP contribution in [0.1, 0.15) is 11.6 Å². The summed E-state index contributed by atoms with van der Waals surface area (Å²) < 4.78 is 6.48. The van der Waals surface area contributed by atoms with Gasteiger partial charge < -0.3 is 10.1 Å². The molecule has 74 valence electrons. The van der Waals surface area contributed by atoms with Crippen LogP contribution >= 0.6 is 34.5 Å². The second-order valence-electron chi connectivity index (χ2n) is 2.58. The predicted octanol–water partition coefficient (Wildman–Crippen LogP) is 2.96. The Bertz CT molecular complexity index is 277. The Balaban J connectivity index is 2.83. The number of likely N-dealkylation sites (N-methyl/N-ethyl adjacent to an activating group) is 1. The van der Waals surface area contributed by atoms with Gasteiger partial charge in [0, 0.05) is 12.7 Å². The first-order valence-electron chi connectivity index (χ1n) is 3.80. The molecule has 0 spiro atoms. The van der Waals surface area contributed by atoms with Crippen molar-refractivity contribution in [2.24, 2.45) is 0 Å². The zero-order valence-corrected chi connectivity index (χ0v) is 9.76. The Kier molecular flexibility index (Phi) is 4.49. The van der Waals surface area contributed by atoms with Crippen LogP contribution in [0.2, 0.25) is 8.67 Å². The van der Waals surface area contributed by atoms with E-state index in [2.05, 4.69) is 5.32 Å². The maximum absolute atomic E-state index is 5.99. The fraction of sp³-hybridized carbons (Fsp3) is 0.500. The monoisotopic (exact) mass is 239 g/mol.